The van der Waals surface area contributed by atoms with Crippen LogP contribution in [-0.4, -0.2) is 18.2 Å². The summed E-state index contributed by atoms with van der Waals surface area (Å²) >= 11 is 0. The Hall–Kier alpha value is -1.77. The number of hydrogen-bond acceptors (Lipinski definition) is 2. The lowest BCUT2D eigenvalue weighted by atomic mass is 9.91. The number of hydrogen-bond donors (Lipinski definition) is 1. The standard InChI is InChI=1S/C15H20O3/c1-8(2)13(15(16)17)12-7-9(3)14(18-6)11(5)10(12)4/h7H,1-6H3,(H,16,17). The lowest BCUT2D eigenvalue weighted by Gasteiger charge is -2.17. The normalized spacial score (nSPS) is 10.1. The van der Waals surface area contributed by atoms with Crippen LogP contribution in [0, 0.1) is 20.8 Å². The molecule has 0 aliphatic carbocycles. The summed E-state index contributed by atoms with van der Waals surface area (Å²) in [4.78, 5) is 11.4. The average Bonchev–Trinajstić information content (AvgIpc) is 2.25. The zero-order valence-corrected chi connectivity index (χ0v) is 11.8. The Balaban J connectivity index is 3.63. The molecule has 0 radical (unpaired) electrons. The van der Waals surface area contributed by atoms with Crippen LogP contribution in [0.2, 0.25) is 0 Å². The minimum Gasteiger partial charge on any atom is -0.496 e. The first-order chi connectivity index (χ1) is 8.31. The smallest absolute Gasteiger partial charge is 0.336 e. The average molecular weight is 248 g/mol. The van der Waals surface area contributed by atoms with Gasteiger partial charge in [0.25, 0.3) is 0 Å². The van der Waals surface area contributed by atoms with Crippen LogP contribution < -0.4 is 4.74 Å². The van der Waals surface area contributed by atoms with Gasteiger partial charge in [0.15, 0.2) is 0 Å². The number of ether oxygens (including phenoxy) is 1. The minimum atomic E-state index is -0.887. The predicted octanol–water partition coefficient (Wildman–Crippen LogP) is 3.50. The number of carboxylic acids is 1. The second-order valence-corrected chi connectivity index (χ2v) is 4.70. The molecule has 0 unspecified atom stereocenters. The summed E-state index contributed by atoms with van der Waals surface area (Å²) < 4.78 is 5.35. The summed E-state index contributed by atoms with van der Waals surface area (Å²) in [6.07, 6.45) is 0. The molecule has 0 saturated carbocycles. The highest BCUT2D eigenvalue weighted by Crippen LogP contribution is 2.33. The summed E-state index contributed by atoms with van der Waals surface area (Å²) in [5.41, 5.74) is 4.85. The lowest BCUT2D eigenvalue weighted by molar-refractivity contribution is -0.130. The molecule has 1 aromatic rings. The molecule has 0 amide bonds. The molecule has 98 valence electrons. The van der Waals surface area contributed by atoms with Gasteiger partial charge in [-0.2, -0.15) is 0 Å². The minimum absolute atomic E-state index is 0.376. The molecule has 0 aromatic heterocycles. The van der Waals surface area contributed by atoms with Gasteiger partial charge in [-0.15, -0.1) is 0 Å². The van der Waals surface area contributed by atoms with Gasteiger partial charge < -0.3 is 9.84 Å². The van der Waals surface area contributed by atoms with E-state index >= 15 is 0 Å². The fourth-order valence-electron chi connectivity index (χ4n) is 2.23. The molecule has 0 spiro atoms. The van der Waals surface area contributed by atoms with E-state index in [1.807, 2.05) is 40.7 Å². The van der Waals surface area contributed by atoms with Gasteiger partial charge in [-0.05, 0) is 62.9 Å². The first kappa shape index (κ1) is 14.3. The number of rotatable bonds is 3. The maximum Gasteiger partial charge on any atom is 0.336 e. The molecule has 0 fully saturated rings. The number of carboxylic acid groups (broad SMARTS) is 1. The number of carbonyl (C=O) groups is 1. The monoisotopic (exact) mass is 248 g/mol. The number of methoxy groups -OCH3 is 1. The first-order valence-corrected chi connectivity index (χ1v) is 5.87. The van der Waals surface area contributed by atoms with E-state index in [2.05, 4.69) is 0 Å². The van der Waals surface area contributed by atoms with Gasteiger partial charge in [0.2, 0.25) is 0 Å². The Bertz CT molecular complexity index is 521. The van der Waals surface area contributed by atoms with Crippen LogP contribution in [0.15, 0.2) is 11.6 Å². The van der Waals surface area contributed by atoms with E-state index in [0.29, 0.717) is 5.57 Å². The first-order valence-electron chi connectivity index (χ1n) is 5.87. The fraction of sp³-hybridized carbons (Fsp3) is 0.400. The van der Waals surface area contributed by atoms with Gasteiger partial charge in [0, 0.05) is 0 Å². The fourth-order valence-corrected chi connectivity index (χ4v) is 2.23. The second kappa shape index (κ2) is 5.25. The molecule has 0 heterocycles. The zero-order valence-electron chi connectivity index (χ0n) is 11.8. The lowest BCUT2D eigenvalue weighted by Crippen LogP contribution is -2.06. The van der Waals surface area contributed by atoms with Crippen LogP contribution in [0.4, 0.5) is 0 Å². The van der Waals surface area contributed by atoms with Crippen molar-refractivity contribution in [3.8, 4) is 5.75 Å². The number of aryl methyl sites for hydroxylation is 1. The Morgan fingerprint density at radius 3 is 2.11 bits per heavy atom. The van der Waals surface area contributed by atoms with Gasteiger partial charge in [0.1, 0.15) is 5.75 Å². The van der Waals surface area contributed by atoms with E-state index in [4.69, 9.17) is 4.74 Å². The largest absolute Gasteiger partial charge is 0.496 e. The van der Waals surface area contributed by atoms with Gasteiger partial charge >= 0.3 is 5.97 Å². The summed E-state index contributed by atoms with van der Waals surface area (Å²) in [5, 5.41) is 9.34. The van der Waals surface area contributed by atoms with Crippen molar-refractivity contribution in [2.75, 3.05) is 7.11 Å². The molecule has 0 aliphatic heterocycles. The van der Waals surface area contributed by atoms with Crippen molar-refractivity contribution in [2.45, 2.75) is 34.6 Å². The van der Waals surface area contributed by atoms with Crippen LogP contribution in [-0.2, 0) is 4.79 Å². The van der Waals surface area contributed by atoms with E-state index in [1.54, 1.807) is 7.11 Å². The van der Waals surface area contributed by atoms with Crippen molar-refractivity contribution < 1.29 is 14.6 Å². The van der Waals surface area contributed by atoms with Crippen LogP contribution in [0.25, 0.3) is 5.57 Å². The van der Waals surface area contributed by atoms with Crippen molar-refractivity contribution in [3.63, 3.8) is 0 Å². The van der Waals surface area contributed by atoms with E-state index in [0.717, 1.165) is 33.6 Å². The molecule has 1 rings (SSSR count). The third kappa shape index (κ3) is 2.40. The quantitative estimate of drug-likeness (QED) is 0.833. The van der Waals surface area contributed by atoms with Crippen molar-refractivity contribution in [2.24, 2.45) is 0 Å². The summed E-state index contributed by atoms with van der Waals surface area (Å²) in [5.74, 6) is -0.0585. The van der Waals surface area contributed by atoms with Crippen LogP contribution >= 0.6 is 0 Å². The van der Waals surface area contributed by atoms with E-state index in [9.17, 15) is 9.90 Å². The predicted molar refractivity (Wildman–Crippen MR) is 73.1 cm³/mol. The Morgan fingerprint density at radius 2 is 1.72 bits per heavy atom. The molecule has 0 saturated heterocycles. The van der Waals surface area contributed by atoms with Gasteiger partial charge in [-0.3, -0.25) is 0 Å². The van der Waals surface area contributed by atoms with Crippen molar-refractivity contribution in [3.05, 3.63) is 33.9 Å². The van der Waals surface area contributed by atoms with E-state index in [1.165, 1.54) is 0 Å². The van der Waals surface area contributed by atoms with Crippen LogP contribution in [0.5, 0.6) is 5.75 Å². The van der Waals surface area contributed by atoms with Crippen LogP contribution in [0.1, 0.15) is 36.1 Å². The highest BCUT2D eigenvalue weighted by atomic mass is 16.5. The number of allylic oxidation sites excluding steroid dienone is 1. The second-order valence-electron chi connectivity index (χ2n) is 4.70. The number of aliphatic carboxylic acids is 1. The molecular formula is C15H20O3. The SMILES string of the molecule is COc1c(C)cc(C(C(=O)O)=C(C)C)c(C)c1C. The van der Waals surface area contributed by atoms with Crippen molar-refractivity contribution in [1.29, 1.82) is 0 Å². The summed E-state index contributed by atoms with van der Waals surface area (Å²) in [6, 6.07) is 1.89. The Labute approximate surface area is 108 Å². The van der Waals surface area contributed by atoms with E-state index in [-0.39, 0.29) is 0 Å². The zero-order chi connectivity index (χ0) is 14.0. The number of benzene rings is 1. The highest BCUT2D eigenvalue weighted by molar-refractivity contribution is 6.16. The maximum absolute atomic E-state index is 11.4. The van der Waals surface area contributed by atoms with Crippen molar-refractivity contribution in [1.82, 2.24) is 0 Å². The highest BCUT2D eigenvalue weighted by Gasteiger charge is 2.18. The molecule has 0 aliphatic rings. The molecule has 3 nitrogen and oxygen atoms in total. The summed E-state index contributed by atoms with van der Waals surface area (Å²) in [6.45, 7) is 9.45. The van der Waals surface area contributed by atoms with Gasteiger partial charge in [-0.1, -0.05) is 5.57 Å². The van der Waals surface area contributed by atoms with Crippen molar-refractivity contribution >= 4 is 11.5 Å². The molecule has 0 bridgehead atoms. The molecular weight excluding hydrogens is 228 g/mol. The van der Waals surface area contributed by atoms with Gasteiger partial charge in [-0.25, -0.2) is 4.79 Å². The maximum atomic E-state index is 11.4. The summed E-state index contributed by atoms with van der Waals surface area (Å²) in [7, 11) is 1.63. The third-order valence-electron chi connectivity index (χ3n) is 3.21. The van der Waals surface area contributed by atoms with Crippen LogP contribution in [0.3, 0.4) is 0 Å². The Morgan fingerprint density at radius 1 is 1.17 bits per heavy atom. The molecule has 18 heavy (non-hydrogen) atoms. The Kier molecular flexibility index (Phi) is 4.17. The van der Waals surface area contributed by atoms with Gasteiger partial charge in [0.05, 0.1) is 12.7 Å². The molecule has 3 heteroatoms. The topological polar surface area (TPSA) is 46.5 Å². The molecule has 1 N–H and O–H groups in total. The van der Waals surface area contributed by atoms with E-state index < -0.39 is 5.97 Å². The molecule has 0 atom stereocenters. The third-order valence-corrected chi connectivity index (χ3v) is 3.21. The molecule has 1 aromatic carbocycles.